The molecule has 2 rings (SSSR count). The Morgan fingerprint density at radius 2 is 2.47 bits per heavy atom. The van der Waals surface area contributed by atoms with Gasteiger partial charge in [0.05, 0.1) is 24.3 Å². The zero-order chi connectivity index (χ0) is 13.8. The minimum Gasteiger partial charge on any atom is -0.409 e. The van der Waals surface area contributed by atoms with Gasteiger partial charge in [0.25, 0.3) is 0 Å². The van der Waals surface area contributed by atoms with Gasteiger partial charge in [0, 0.05) is 12.7 Å². The van der Waals surface area contributed by atoms with Crippen LogP contribution in [0.5, 0.6) is 0 Å². The number of nitrogens with two attached hydrogens (primary N) is 1. The van der Waals surface area contributed by atoms with E-state index < -0.39 is 0 Å². The zero-order valence-electron chi connectivity index (χ0n) is 11.3. The van der Waals surface area contributed by atoms with Crippen molar-refractivity contribution in [2.45, 2.75) is 32.4 Å². The smallest absolute Gasteiger partial charge is 0.173 e. The number of pyridine rings is 1. The van der Waals surface area contributed by atoms with Crippen molar-refractivity contribution in [3.05, 3.63) is 23.9 Å². The number of aromatic nitrogens is 1. The number of amidine groups is 1. The molecule has 1 aliphatic rings. The van der Waals surface area contributed by atoms with E-state index in [-0.39, 0.29) is 18.0 Å². The Balaban J connectivity index is 2.38. The molecule has 0 aromatic carbocycles. The van der Waals surface area contributed by atoms with Crippen LogP contribution in [0.3, 0.4) is 0 Å². The highest BCUT2D eigenvalue weighted by Crippen LogP contribution is 2.24. The van der Waals surface area contributed by atoms with Crippen molar-refractivity contribution in [1.82, 2.24) is 4.98 Å². The van der Waals surface area contributed by atoms with Gasteiger partial charge in [-0.05, 0) is 25.5 Å². The lowest BCUT2D eigenvalue weighted by atomic mass is 10.1. The van der Waals surface area contributed by atoms with Crippen LogP contribution in [0.4, 0.5) is 5.82 Å². The number of morpholine rings is 1. The number of nitrogens with zero attached hydrogens (tertiary/aromatic N) is 3. The van der Waals surface area contributed by atoms with Crippen LogP contribution >= 0.6 is 0 Å². The fourth-order valence-corrected chi connectivity index (χ4v) is 2.32. The van der Waals surface area contributed by atoms with Crippen LogP contribution in [0.2, 0.25) is 0 Å². The van der Waals surface area contributed by atoms with Gasteiger partial charge >= 0.3 is 0 Å². The Morgan fingerprint density at radius 1 is 1.68 bits per heavy atom. The number of oxime groups is 1. The summed E-state index contributed by atoms with van der Waals surface area (Å²) in [7, 11) is 0. The molecule has 1 fully saturated rings. The van der Waals surface area contributed by atoms with Crippen molar-refractivity contribution in [3.63, 3.8) is 0 Å². The summed E-state index contributed by atoms with van der Waals surface area (Å²) in [6.45, 7) is 5.57. The van der Waals surface area contributed by atoms with Crippen molar-refractivity contribution >= 4 is 11.7 Å². The van der Waals surface area contributed by atoms with Gasteiger partial charge in [0.1, 0.15) is 5.82 Å². The van der Waals surface area contributed by atoms with Gasteiger partial charge in [0.15, 0.2) is 5.84 Å². The van der Waals surface area contributed by atoms with E-state index in [2.05, 4.69) is 22.0 Å². The van der Waals surface area contributed by atoms with Crippen LogP contribution in [0.1, 0.15) is 25.8 Å². The predicted molar refractivity (Wildman–Crippen MR) is 73.6 cm³/mol. The zero-order valence-corrected chi connectivity index (χ0v) is 11.3. The predicted octanol–water partition coefficient (Wildman–Crippen LogP) is 1.18. The number of anilines is 1. The molecule has 1 aromatic heterocycles. The fourth-order valence-electron chi connectivity index (χ4n) is 2.32. The summed E-state index contributed by atoms with van der Waals surface area (Å²) in [6.07, 6.45) is 2.82. The normalized spacial score (nSPS) is 24.5. The van der Waals surface area contributed by atoms with E-state index in [1.54, 1.807) is 12.3 Å². The SMILES string of the molecule is CCC1COC(C)CN1c1ncccc1C(N)=NO. The van der Waals surface area contributed by atoms with E-state index in [4.69, 9.17) is 15.7 Å². The molecule has 0 saturated carbocycles. The first-order chi connectivity index (χ1) is 9.17. The molecular weight excluding hydrogens is 244 g/mol. The molecule has 0 aliphatic carbocycles. The maximum atomic E-state index is 8.88. The number of hydrogen-bond acceptors (Lipinski definition) is 5. The first kappa shape index (κ1) is 13.6. The number of hydrogen-bond donors (Lipinski definition) is 2. The van der Waals surface area contributed by atoms with Crippen LogP contribution in [0.15, 0.2) is 23.5 Å². The molecule has 2 heterocycles. The molecule has 0 bridgehead atoms. The van der Waals surface area contributed by atoms with Gasteiger partial charge < -0.3 is 20.6 Å². The summed E-state index contributed by atoms with van der Waals surface area (Å²) in [5, 5.41) is 12.0. The van der Waals surface area contributed by atoms with Gasteiger partial charge in [-0.2, -0.15) is 0 Å². The number of rotatable bonds is 3. The first-order valence-corrected chi connectivity index (χ1v) is 6.48. The molecule has 6 nitrogen and oxygen atoms in total. The van der Waals surface area contributed by atoms with Crippen molar-refractivity contribution in [2.75, 3.05) is 18.1 Å². The Bertz CT molecular complexity index is 464. The van der Waals surface area contributed by atoms with Gasteiger partial charge in [-0.25, -0.2) is 4.98 Å². The third-order valence-electron chi connectivity index (χ3n) is 3.38. The van der Waals surface area contributed by atoms with Gasteiger partial charge in [-0.1, -0.05) is 12.1 Å². The van der Waals surface area contributed by atoms with E-state index in [0.29, 0.717) is 12.2 Å². The average Bonchev–Trinajstić information content (AvgIpc) is 2.46. The molecule has 1 aromatic rings. The maximum absolute atomic E-state index is 8.88. The second-order valence-corrected chi connectivity index (χ2v) is 4.72. The number of ether oxygens (including phenoxy) is 1. The Morgan fingerprint density at radius 3 is 3.16 bits per heavy atom. The minimum absolute atomic E-state index is 0.0806. The van der Waals surface area contributed by atoms with Gasteiger partial charge in [-0.15, -0.1) is 0 Å². The summed E-state index contributed by atoms with van der Waals surface area (Å²) < 4.78 is 5.68. The molecule has 0 spiro atoms. The maximum Gasteiger partial charge on any atom is 0.173 e. The van der Waals surface area contributed by atoms with Crippen LogP contribution < -0.4 is 10.6 Å². The molecule has 2 atom stereocenters. The minimum atomic E-state index is 0.0806. The molecule has 1 saturated heterocycles. The lowest BCUT2D eigenvalue weighted by Gasteiger charge is -2.39. The molecule has 3 N–H and O–H groups in total. The monoisotopic (exact) mass is 264 g/mol. The highest BCUT2D eigenvalue weighted by molar-refractivity contribution is 6.01. The second kappa shape index (κ2) is 5.88. The van der Waals surface area contributed by atoms with Crippen LogP contribution in [0, 0.1) is 0 Å². The molecule has 2 unspecified atom stereocenters. The van der Waals surface area contributed by atoms with E-state index in [1.807, 2.05) is 13.0 Å². The van der Waals surface area contributed by atoms with Crippen molar-refractivity contribution < 1.29 is 9.94 Å². The standard InChI is InChI=1S/C13H20N4O2/c1-3-10-8-19-9(2)7-17(10)13-11(12(14)16-18)5-4-6-15-13/h4-6,9-10,18H,3,7-8H2,1-2H3,(H2,14,16). The largest absolute Gasteiger partial charge is 0.409 e. The summed E-state index contributed by atoms with van der Waals surface area (Å²) >= 11 is 0. The molecule has 19 heavy (non-hydrogen) atoms. The van der Waals surface area contributed by atoms with Crippen LogP contribution in [-0.4, -0.2) is 41.3 Å². The summed E-state index contributed by atoms with van der Waals surface area (Å²) in [5.41, 5.74) is 6.38. The summed E-state index contributed by atoms with van der Waals surface area (Å²) in [6, 6.07) is 3.85. The molecule has 6 heteroatoms. The summed E-state index contributed by atoms with van der Waals surface area (Å²) in [4.78, 5) is 6.58. The van der Waals surface area contributed by atoms with E-state index in [9.17, 15) is 0 Å². The third kappa shape index (κ3) is 2.78. The lowest BCUT2D eigenvalue weighted by molar-refractivity contribution is 0.0296. The van der Waals surface area contributed by atoms with Crippen molar-refractivity contribution in [2.24, 2.45) is 10.9 Å². The average molecular weight is 264 g/mol. The Labute approximate surface area is 112 Å². The fraction of sp³-hybridized carbons (Fsp3) is 0.538. The highest BCUT2D eigenvalue weighted by atomic mass is 16.5. The van der Waals surface area contributed by atoms with Crippen molar-refractivity contribution in [3.8, 4) is 0 Å². The highest BCUT2D eigenvalue weighted by Gasteiger charge is 2.28. The molecule has 104 valence electrons. The topological polar surface area (TPSA) is 84.0 Å². The molecule has 1 aliphatic heterocycles. The molecule has 0 amide bonds. The summed E-state index contributed by atoms with van der Waals surface area (Å²) in [5.74, 6) is 0.830. The van der Waals surface area contributed by atoms with E-state index >= 15 is 0 Å². The first-order valence-electron chi connectivity index (χ1n) is 6.48. The third-order valence-corrected chi connectivity index (χ3v) is 3.38. The molecule has 0 radical (unpaired) electrons. The van der Waals surface area contributed by atoms with E-state index in [0.717, 1.165) is 18.8 Å². The van der Waals surface area contributed by atoms with Gasteiger partial charge in [0.2, 0.25) is 0 Å². The second-order valence-electron chi connectivity index (χ2n) is 4.72. The lowest BCUT2D eigenvalue weighted by Crippen LogP contribution is -2.49. The Hall–Kier alpha value is -1.82. The van der Waals surface area contributed by atoms with Crippen LogP contribution in [-0.2, 0) is 4.74 Å². The molecular formula is C13H20N4O2. The van der Waals surface area contributed by atoms with E-state index in [1.165, 1.54) is 0 Å². The Kier molecular flexibility index (Phi) is 4.21. The van der Waals surface area contributed by atoms with Crippen molar-refractivity contribution in [1.29, 1.82) is 0 Å². The quantitative estimate of drug-likeness (QED) is 0.371. The van der Waals surface area contributed by atoms with Crippen LogP contribution in [0.25, 0.3) is 0 Å². The van der Waals surface area contributed by atoms with Gasteiger partial charge in [-0.3, -0.25) is 0 Å².